The Morgan fingerprint density at radius 1 is 1.24 bits per heavy atom. The molecule has 2 unspecified atom stereocenters. The zero-order valence-corrected chi connectivity index (χ0v) is 14.2. The fourth-order valence-corrected chi connectivity index (χ4v) is 5.02. The van der Waals surface area contributed by atoms with Crippen molar-refractivity contribution in [1.29, 1.82) is 0 Å². The van der Waals surface area contributed by atoms with Crippen molar-refractivity contribution in [2.24, 2.45) is 0 Å². The lowest BCUT2D eigenvalue weighted by molar-refractivity contribution is 0.423. The number of hydrogen-bond donors (Lipinski definition) is 1. The summed E-state index contributed by atoms with van der Waals surface area (Å²) in [5, 5.41) is 6.21. The van der Waals surface area contributed by atoms with Gasteiger partial charge in [0.15, 0.2) is 0 Å². The maximum atomic E-state index is 3.90. The van der Waals surface area contributed by atoms with Crippen LogP contribution in [0.3, 0.4) is 0 Å². The van der Waals surface area contributed by atoms with Gasteiger partial charge in [-0.05, 0) is 74.9 Å². The summed E-state index contributed by atoms with van der Waals surface area (Å²) in [6, 6.07) is 3.00. The molecule has 0 saturated heterocycles. The predicted octanol–water partition coefficient (Wildman–Crippen LogP) is 5.43. The van der Waals surface area contributed by atoms with E-state index in [0.717, 1.165) is 12.5 Å². The van der Waals surface area contributed by atoms with Crippen LogP contribution >= 0.6 is 11.3 Å². The minimum atomic E-state index is 0.594. The average Bonchev–Trinajstić information content (AvgIpc) is 2.84. The quantitative estimate of drug-likeness (QED) is 0.715. The van der Waals surface area contributed by atoms with Crippen molar-refractivity contribution in [3.05, 3.63) is 33.5 Å². The molecule has 0 bridgehead atoms. The molecule has 0 aliphatic heterocycles. The molecule has 2 heteroatoms. The Balaban J connectivity index is 1.84. The molecule has 1 aromatic heterocycles. The zero-order valence-electron chi connectivity index (χ0n) is 13.4. The molecule has 1 nitrogen and oxygen atoms in total. The van der Waals surface area contributed by atoms with Crippen LogP contribution in [0.5, 0.6) is 0 Å². The van der Waals surface area contributed by atoms with Gasteiger partial charge in [-0.2, -0.15) is 0 Å². The molecule has 3 rings (SSSR count). The Labute approximate surface area is 133 Å². The molecule has 0 aromatic carbocycles. The van der Waals surface area contributed by atoms with Gasteiger partial charge in [-0.1, -0.05) is 25.0 Å². The lowest BCUT2D eigenvalue weighted by Gasteiger charge is -2.33. The number of fused-ring (bicyclic) bond motifs is 1. The monoisotopic (exact) mass is 303 g/mol. The predicted molar refractivity (Wildman–Crippen MR) is 93.2 cm³/mol. The van der Waals surface area contributed by atoms with E-state index in [1.54, 1.807) is 16.0 Å². The van der Waals surface area contributed by atoms with Gasteiger partial charge >= 0.3 is 0 Å². The van der Waals surface area contributed by atoms with Crippen molar-refractivity contribution >= 4 is 11.3 Å². The SMILES string of the molecule is CCCNC(C1=CCCCCC1)C1CCCc2sccc21. The molecule has 2 atom stereocenters. The molecule has 1 heterocycles. The number of hydrogen-bond acceptors (Lipinski definition) is 2. The Hall–Kier alpha value is -0.600. The second-order valence-electron chi connectivity index (χ2n) is 6.61. The van der Waals surface area contributed by atoms with E-state index in [2.05, 4.69) is 29.8 Å². The molecule has 1 N–H and O–H groups in total. The third kappa shape index (κ3) is 3.60. The lowest BCUT2D eigenvalue weighted by Crippen LogP contribution is -2.38. The minimum Gasteiger partial charge on any atom is -0.310 e. The topological polar surface area (TPSA) is 12.0 Å². The third-order valence-corrected chi connectivity index (χ3v) is 6.09. The van der Waals surface area contributed by atoms with Crippen molar-refractivity contribution in [2.45, 2.75) is 76.7 Å². The Kier molecular flexibility index (Phi) is 5.54. The number of nitrogens with one attached hydrogen (secondary N) is 1. The van der Waals surface area contributed by atoms with E-state index in [4.69, 9.17) is 0 Å². The first-order valence-electron chi connectivity index (χ1n) is 8.88. The van der Waals surface area contributed by atoms with E-state index in [-0.39, 0.29) is 0 Å². The summed E-state index contributed by atoms with van der Waals surface area (Å²) in [6.07, 6.45) is 14.6. The van der Waals surface area contributed by atoms with Gasteiger partial charge in [-0.25, -0.2) is 0 Å². The van der Waals surface area contributed by atoms with Crippen LogP contribution in [0.4, 0.5) is 0 Å². The van der Waals surface area contributed by atoms with Gasteiger partial charge in [0.1, 0.15) is 0 Å². The van der Waals surface area contributed by atoms with E-state index in [9.17, 15) is 0 Å². The lowest BCUT2D eigenvalue weighted by atomic mass is 9.78. The second-order valence-corrected chi connectivity index (χ2v) is 7.61. The van der Waals surface area contributed by atoms with Crippen LogP contribution in [0, 0.1) is 0 Å². The summed E-state index contributed by atoms with van der Waals surface area (Å²) >= 11 is 1.97. The van der Waals surface area contributed by atoms with E-state index in [1.807, 2.05) is 11.3 Å². The first kappa shape index (κ1) is 15.3. The van der Waals surface area contributed by atoms with Gasteiger partial charge in [0.05, 0.1) is 0 Å². The van der Waals surface area contributed by atoms with Crippen molar-refractivity contribution in [1.82, 2.24) is 5.32 Å². The van der Waals surface area contributed by atoms with Crippen molar-refractivity contribution in [2.75, 3.05) is 6.54 Å². The minimum absolute atomic E-state index is 0.594. The first-order valence-corrected chi connectivity index (χ1v) is 9.76. The van der Waals surface area contributed by atoms with Gasteiger partial charge in [-0.15, -0.1) is 11.3 Å². The van der Waals surface area contributed by atoms with Gasteiger partial charge in [0.2, 0.25) is 0 Å². The maximum Gasteiger partial charge on any atom is 0.0348 e. The summed E-state index contributed by atoms with van der Waals surface area (Å²) in [7, 11) is 0. The first-order chi connectivity index (χ1) is 10.4. The molecule has 0 fully saturated rings. The molecule has 2 aliphatic carbocycles. The normalized spacial score (nSPS) is 24.0. The molecular formula is C19H29NS. The van der Waals surface area contributed by atoms with Crippen LogP contribution in [0.25, 0.3) is 0 Å². The molecule has 0 saturated carbocycles. The van der Waals surface area contributed by atoms with Gasteiger partial charge in [0, 0.05) is 16.8 Å². The Morgan fingerprint density at radius 2 is 2.19 bits per heavy atom. The third-order valence-electron chi connectivity index (χ3n) is 5.09. The van der Waals surface area contributed by atoms with Crippen LogP contribution in [0.1, 0.15) is 74.6 Å². The summed E-state index contributed by atoms with van der Waals surface area (Å²) in [6.45, 7) is 3.43. The Bertz CT molecular complexity index is 474. The largest absolute Gasteiger partial charge is 0.310 e. The van der Waals surface area contributed by atoms with E-state index < -0.39 is 0 Å². The number of rotatable bonds is 5. The van der Waals surface area contributed by atoms with Crippen molar-refractivity contribution in [3.63, 3.8) is 0 Å². The van der Waals surface area contributed by atoms with E-state index in [1.165, 1.54) is 57.8 Å². The molecular weight excluding hydrogens is 274 g/mol. The molecule has 0 radical (unpaired) electrons. The summed E-state index contributed by atoms with van der Waals surface area (Å²) < 4.78 is 0. The van der Waals surface area contributed by atoms with Gasteiger partial charge < -0.3 is 5.32 Å². The average molecular weight is 304 g/mol. The highest BCUT2D eigenvalue weighted by atomic mass is 32.1. The number of allylic oxidation sites excluding steroid dienone is 1. The van der Waals surface area contributed by atoms with Crippen LogP contribution < -0.4 is 5.32 Å². The van der Waals surface area contributed by atoms with Crippen LogP contribution in [-0.2, 0) is 6.42 Å². The Morgan fingerprint density at radius 3 is 3.10 bits per heavy atom. The molecule has 2 aliphatic rings. The highest BCUT2D eigenvalue weighted by Crippen LogP contribution is 2.40. The molecule has 21 heavy (non-hydrogen) atoms. The highest BCUT2D eigenvalue weighted by Gasteiger charge is 2.30. The standard InChI is InChI=1S/C19H29NS/c1-2-13-20-19(15-8-5-3-4-6-9-15)17-10-7-11-18-16(17)12-14-21-18/h8,12,14,17,19-20H,2-7,9-11,13H2,1H3. The van der Waals surface area contributed by atoms with Gasteiger partial charge in [-0.3, -0.25) is 0 Å². The molecule has 1 aromatic rings. The summed E-state index contributed by atoms with van der Waals surface area (Å²) in [4.78, 5) is 1.66. The number of aryl methyl sites for hydroxylation is 1. The fraction of sp³-hybridized carbons (Fsp3) is 0.684. The van der Waals surface area contributed by atoms with Crippen LogP contribution in [-0.4, -0.2) is 12.6 Å². The fourth-order valence-electron chi connectivity index (χ4n) is 4.02. The summed E-state index contributed by atoms with van der Waals surface area (Å²) in [5.74, 6) is 0.718. The molecule has 116 valence electrons. The van der Waals surface area contributed by atoms with E-state index >= 15 is 0 Å². The zero-order chi connectivity index (χ0) is 14.5. The molecule has 0 amide bonds. The number of thiophene rings is 1. The van der Waals surface area contributed by atoms with Crippen molar-refractivity contribution in [3.8, 4) is 0 Å². The smallest absolute Gasteiger partial charge is 0.0348 e. The van der Waals surface area contributed by atoms with Crippen molar-refractivity contribution < 1.29 is 0 Å². The maximum absolute atomic E-state index is 3.90. The van der Waals surface area contributed by atoms with Gasteiger partial charge in [0.25, 0.3) is 0 Å². The second kappa shape index (κ2) is 7.60. The molecule has 0 spiro atoms. The summed E-state index contributed by atoms with van der Waals surface area (Å²) in [5.41, 5.74) is 3.37. The van der Waals surface area contributed by atoms with Crippen LogP contribution in [0.15, 0.2) is 23.1 Å². The van der Waals surface area contributed by atoms with E-state index in [0.29, 0.717) is 6.04 Å². The highest BCUT2D eigenvalue weighted by molar-refractivity contribution is 7.10. The van der Waals surface area contributed by atoms with Crippen LogP contribution in [0.2, 0.25) is 0 Å².